The van der Waals surface area contributed by atoms with Gasteiger partial charge in [-0.3, -0.25) is 0 Å². The standard InChI is InChI=1S/C22H27OP/c23-24(19-12-3-1-4-13-19,20-14-5-2-6-15-20)22-17-8-7-10-18-11-9-16-21(18)22/h1-6,12-15,18,21-22H,7-11,16-17H2/t18-,21+,22+/m0/s1. The van der Waals surface area contributed by atoms with Crippen LogP contribution in [0.3, 0.4) is 0 Å². The fraction of sp³-hybridized carbons (Fsp3) is 0.455. The third kappa shape index (κ3) is 2.78. The normalized spacial score (nSPS) is 27.4. The van der Waals surface area contributed by atoms with Crippen LogP contribution in [0.4, 0.5) is 0 Å². The lowest BCUT2D eigenvalue weighted by Gasteiger charge is -2.34. The van der Waals surface area contributed by atoms with Gasteiger partial charge in [-0.05, 0) is 24.7 Å². The Labute approximate surface area is 145 Å². The smallest absolute Gasteiger partial charge is 0.146 e. The Morgan fingerprint density at radius 3 is 1.83 bits per heavy atom. The summed E-state index contributed by atoms with van der Waals surface area (Å²) in [5, 5.41) is 2.13. The van der Waals surface area contributed by atoms with Gasteiger partial charge in [0.05, 0.1) is 0 Å². The molecular weight excluding hydrogens is 311 g/mol. The minimum Gasteiger partial charge on any atom is -0.313 e. The van der Waals surface area contributed by atoms with Crippen LogP contribution in [-0.4, -0.2) is 5.66 Å². The Bertz CT molecular complexity index is 666. The van der Waals surface area contributed by atoms with Gasteiger partial charge in [0.2, 0.25) is 0 Å². The van der Waals surface area contributed by atoms with E-state index in [1.165, 1.54) is 38.5 Å². The fourth-order valence-electron chi connectivity index (χ4n) is 5.19. The Hall–Kier alpha value is -1.33. The lowest BCUT2D eigenvalue weighted by molar-refractivity contribution is 0.367. The third-order valence-electron chi connectivity index (χ3n) is 6.28. The van der Waals surface area contributed by atoms with Crippen LogP contribution in [0.15, 0.2) is 60.7 Å². The number of hydrogen-bond acceptors (Lipinski definition) is 1. The zero-order valence-corrected chi connectivity index (χ0v) is 15.2. The molecule has 2 saturated carbocycles. The molecule has 2 aliphatic rings. The SMILES string of the molecule is O=P(c1ccccc1)(c1ccccc1)[C@@H]1CCCC[C@H]2CCC[C@H]21. The molecule has 0 spiro atoms. The summed E-state index contributed by atoms with van der Waals surface area (Å²) in [5.74, 6) is 1.46. The maximum atomic E-state index is 14.7. The van der Waals surface area contributed by atoms with Crippen molar-refractivity contribution in [2.75, 3.05) is 0 Å². The molecule has 0 saturated heterocycles. The molecule has 0 aromatic heterocycles. The first-order valence-corrected chi connectivity index (χ1v) is 11.3. The van der Waals surface area contributed by atoms with E-state index >= 15 is 0 Å². The van der Waals surface area contributed by atoms with Crippen LogP contribution >= 0.6 is 7.14 Å². The quantitative estimate of drug-likeness (QED) is 0.689. The predicted octanol–water partition coefficient (Wildman–Crippen LogP) is 5.36. The molecule has 2 fully saturated rings. The second-order valence-electron chi connectivity index (χ2n) is 7.54. The largest absolute Gasteiger partial charge is 0.313 e. The van der Waals surface area contributed by atoms with Gasteiger partial charge in [0.15, 0.2) is 0 Å². The Morgan fingerprint density at radius 2 is 1.21 bits per heavy atom. The molecule has 2 aromatic carbocycles. The fourth-order valence-corrected chi connectivity index (χ4v) is 8.96. The van der Waals surface area contributed by atoms with Gasteiger partial charge in [0.1, 0.15) is 7.14 Å². The van der Waals surface area contributed by atoms with E-state index in [0.29, 0.717) is 11.6 Å². The summed E-state index contributed by atoms with van der Waals surface area (Å²) in [6.07, 6.45) is 8.99. The minimum atomic E-state index is -2.60. The third-order valence-corrected chi connectivity index (χ3v) is 9.99. The van der Waals surface area contributed by atoms with E-state index in [1.54, 1.807) is 0 Å². The van der Waals surface area contributed by atoms with Crippen molar-refractivity contribution in [2.45, 2.75) is 50.6 Å². The molecule has 2 aromatic rings. The molecule has 0 heterocycles. The van der Waals surface area contributed by atoms with Gasteiger partial charge in [-0.2, -0.15) is 0 Å². The number of benzene rings is 2. The number of rotatable bonds is 3. The summed E-state index contributed by atoms with van der Waals surface area (Å²) in [5.41, 5.74) is 0.331. The number of fused-ring (bicyclic) bond motifs is 1. The van der Waals surface area contributed by atoms with Crippen molar-refractivity contribution < 1.29 is 4.57 Å². The van der Waals surface area contributed by atoms with Crippen LogP contribution in [-0.2, 0) is 4.57 Å². The highest BCUT2D eigenvalue weighted by atomic mass is 31.2. The van der Waals surface area contributed by atoms with Crippen LogP contribution in [0.2, 0.25) is 0 Å². The van der Waals surface area contributed by atoms with Crippen molar-refractivity contribution in [1.29, 1.82) is 0 Å². The highest BCUT2D eigenvalue weighted by molar-refractivity contribution is 7.79. The van der Waals surface area contributed by atoms with E-state index in [9.17, 15) is 4.57 Å². The molecule has 0 unspecified atom stereocenters. The van der Waals surface area contributed by atoms with Crippen molar-refractivity contribution >= 4 is 17.8 Å². The van der Waals surface area contributed by atoms with Crippen molar-refractivity contribution in [3.05, 3.63) is 60.7 Å². The van der Waals surface area contributed by atoms with Crippen molar-refractivity contribution in [1.82, 2.24) is 0 Å². The molecule has 0 aliphatic heterocycles. The van der Waals surface area contributed by atoms with Crippen LogP contribution in [0.5, 0.6) is 0 Å². The molecule has 3 atom stereocenters. The molecule has 2 heteroatoms. The minimum absolute atomic E-state index is 0.331. The van der Waals surface area contributed by atoms with Gasteiger partial charge in [0.25, 0.3) is 0 Å². The van der Waals surface area contributed by atoms with Crippen molar-refractivity contribution in [2.24, 2.45) is 11.8 Å². The topological polar surface area (TPSA) is 17.1 Å². The summed E-state index contributed by atoms with van der Waals surface area (Å²) >= 11 is 0. The maximum Gasteiger partial charge on any atom is 0.146 e. The summed E-state index contributed by atoms with van der Waals surface area (Å²) in [4.78, 5) is 0. The van der Waals surface area contributed by atoms with E-state index in [4.69, 9.17) is 0 Å². The second-order valence-corrected chi connectivity index (χ2v) is 10.5. The lowest BCUT2D eigenvalue weighted by Crippen LogP contribution is -2.32. The van der Waals surface area contributed by atoms with Gasteiger partial charge in [0, 0.05) is 16.3 Å². The Morgan fingerprint density at radius 1 is 0.667 bits per heavy atom. The van der Waals surface area contributed by atoms with Crippen LogP contribution in [0.25, 0.3) is 0 Å². The molecule has 4 rings (SSSR count). The van der Waals surface area contributed by atoms with Gasteiger partial charge in [-0.25, -0.2) is 0 Å². The van der Waals surface area contributed by atoms with E-state index in [2.05, 4.69) is 24.3 Å². The van der Waals surface area contributed by atoms with E-state index in [-0.39, 0.29) is 0 Å². The average molecular weight is 338 g/mol. The zero-order valence-electron chi connectivity index (χ0n) is 14.3. The molecular formula is C22H27OP. The van der Waals surface area contributed by atoms with E-state index < -0.39 is 7.14 Å². The first-order chi connectivity index (χ1) is 11.8. The summed E-state index contributed by atoms with van der Waals surface area (Å²) in [6.45, 7) is 0. The van der Waals surface area contributed by atoms with Gasteiger partial charge in [-0.1, -0.05) is 92.8 Å². The first-order valence-electron chi connectivity index (χ1n) is 9.51. The number of hydrogen-bond donors (Lipinski definition) is 0. The van der Waals surface area contributed by atoms with E-state index in [0.717, 1.165) is 22.9 Å². The van der Waals surface area contributed by atoms with Gasteiger partial charge < -0.3 is 4.57 Å². The van der Waals surface area contributed by atoms with Gasteiger partial charge >= 0.3 is 0 Å². The molecule has 0 N–H and O–H groups in total. The highest BCUT2D eigenvalue weighted by Crippen LogP contribution is 2.58. The van der Waals surface area contributed by atoms with Crippen LogP contribution < -0.4 is 10.6 Å². The second kappa shape index (κ2) is 6.89. The zero-order chi connectivity index (χ0) is 16.4. The average Bonchev–Trinajstić information content (AvgIpc) is 3.01. The molecule has 1 nitrogen and oxygen atoms in total. The molecule has 126 valence electrons. The molecule has 2 aliphatic carbocycles. The van der Waals surface area contributed by atoms with E-state index in [1.807, 2.05) is 36.4 Å². The highest BCUT2D eigenvalue weighted by Gasteiger charge is 2.45. The Kier molecular flexibility index (Phi) is 4.63. The molecule has 0 bridgehead atoms. The summed E-state index contributed by atoms with van der Waals surface area (Å²) < 4.78 is 14.7. The Balaban J connectivity index is 1.85. The maximum absolute atomic E-state index is 14.7. The molecule has 0 radical (unpaired) electrons. The van der Waals surface area contributed by atoms with Crippen LogP contribution in [0.1, 0.15) is 44.9 Å². The van der Waals surface area contributed by atoms with Crippen LogP contribution in [0, 0.1) is 11.8 Å². The summed E-state index contributed by atoms with van der Waals surface area (Å²) in [6, 6.07) is 20.7. The predicted molar refractivity (Wildman–Crippen MR) is 103 cm³/mol. The first kappa shape index (κ1) is 16.2. The summed E-state index contributed by atoms with van der Waals surface area (Å²) in [7, 11) is -2.60. The van der Waals surface area contributed by atoms with Crippen molar-refractivity contribution in [3.8, 4) is 0 Å². The van der Waals surface area contributed by atoms with Gasteiger partial charge in [-0.15, -0.1) is 0 Å². The lowest BCUT2D eigenvalue weighted by atomic mass is 9.91. The van der Waals surface area contributed by atoms with Crippen molar-refractivity contribution in [3.63, 3.8) is 0 Å². The monoisotopic (exact) mass is 338 g/mol. The molecule has 24 heavy (non-hydrogen) atoms. The molecule has 0 amide bonds.